The lowest BCUT2D eigenvalue weighted by Crippen LogP contribution is -2.50. The summed E-state index contributed by atoms with van der Waals surface area (Å²) in [6, 6.07) is 12.7. The van der Waals surface area contributed by atoms with Crippen molar-refractivity contribution in [1.29, 1.82) is 0 Å². The highest BCUT2D eigenvalue weighted by molar-refractivity contribution is 7.92. The number of piperidine rings is 1. The number of halogens is 3. The smallest absolute Gasteiger partial charge is 0.336 e. The largest absolute Gasteiger partial charge is 0.416 e. The van der Waals surface area contributed by atoms with Crippen LogP contribution in [0, 0.1) is 0 Å². The molecule has 0 radical (unpaired) electrons. The Hall–Kier alpha value is -2.35. The van der Waals surface area contributed by atoms with Crippen LogP contribution < -0.4 is 0 Å². The van der Waals surface area contributed by atoms with Crippen LogP contribution in [0.4, 0.5) is 13.2 Å². The summed E-state index contributed by atoms with van der Waals surface area (Å²) >= 11 is 0. The van der Waals surface area contributed by atoms with Crippen LogP contribution in [0.25, 0.3) is 0 Å². The fourth-order valence-electron chi connectivity index (χ4n) is 4.67. The van der Waals surface area contributed by atoms with E-state index in [1.165, 1.54) is 12.1 Å². The molecular weight excluding hydrogens is 415 g/mol. The Morgan fingerprint density at radius 1 is 0.933 bits per heavy atom. The molecule has 2 bridgehead atoms. The second kappa shape index (κ2) is 7.72. The Morgan fingerprint density at radius 3 is 2.03 bits per heavy atom. The van der Waals surface area contributed by atoms with Crippen LogP contribution in [-0.4, -0.2) is 36.6 Å². The molecule has 2 aliphatic rings. The fourth-order valence-corrected chi connectivity index (χ4v) is 6.54. The van der Waals surface area contributed by atoms with Crippen molar-refractivity contribution < 1.29 is 26.4 Å². The lowest BCUT2D eigenvalue weighted by Gasteiger charge is -2.38. The van der Waals surface area contributed by atoms with E-state index in [4.69, 9.17) is 0 Å². The van der Waals surface area contributed by atoms with Crippen molar-refractivity contribution in [3.63, 3.8) is 0 Å². The standard InChI is InChI=1S/C22H22F3NO3S/c23-22(24,25)16-8-6-15(7-9-16)12-21(27)26-17-10-11-18(26)14-20(13-17)30(28,29)19-4-2-1-3-5-19/h1-9,17-18,20H,10-14H2/t17-,18+,20?. The average Bonchev–Trinajstić information content (AvgIpc) is 2.98. The van der Waals surface area contributed by atoms with Gasteiger partial charge in [0.05, 0.1) is 22.1 Å². The van der Waals surface area contributed by atoms with Crippen LogP contribution in [0.3, 0.4) is 0 Å². The molecule has 2 aromatic carbocycles. The maximum atomic E-state index is 13.0. The molecule has 4 nitrogen and oxygen atoms in total. The maximum absolute atomic E-state index is 13.0. The third-order valence-electron chi connectivity index (χ3n) is 6.13. The SMILES string of the molecule is O=C(Cc1ccc(C(F)(F)F)cc1)N1[C@@H]2CC[C@H]1CC(S(=O)(=O)c1ccccc1)C2. The van der Waals surface area contributed by atoms with Crippen molar-refractivity contribution in [3.8, 4) is 0 Å². The molecule has 1 unspecified atom stereocenters. The minimum Gasteiger partial charge on any atom is -0.336 e. The van der Waals surface area contributed by atoms with Crippen LogP contribution in [0.5, 0.6) is 0 Å². The van der Waals surface area contributed by atoms with Crippen LogP contribution in [0.2, 0.25) is 0 Å². The first kappa shape index (κ1) is 20.9. The zero-order valence-corrected chi connectivity index (χ0v) is 17.0. The first-order valence-electron chi connectivity index (χ1n) is 9.92. The number of hydrogen-bond acceptors (Lipinski definition) is 3. The van der Waals surface area contributed by atoms with Crippen molar-refractivity contribution in [2.24, 2.45) is 0 Å². The lowest BCUT2D eigenvalue weighted by molar-refractivity contribution is -0.137. The van der Waals surface area contributed by atoms with Gasteiger partial charge in [0.1, 0.15) is 0 Å². The van der Waals surface area contributed by atoms with Crippen molar-refractivity contribution in [2.45, 2.75) is 60.5 Å². The predicted molar refractivity (Wildman–Crippen MR) is 105 cm³/mol. The van der Waals surface area contributed by atoms with Crippen LogP contribution >= 0.6 is 0 Å². The second-order valence-electron chi connectivity index (χ2n) is 8.01. The summed E-state index contributed by atoms with van der Waals surface area (Å²) in [6.07, 6.45) is -2.09. The first-order chi connectivity index (χ1) is 14.2. The lowest BCUT2D eigenvalue weighted by atomic mass is 10.0. The molecule has 0 aromatic heterocycles. The second-order valence-corrected chi connectivity index (χ2v) is 10.2. The van der Waals surface area contributed by atoms with Gasteiger partial charge in [-0.05, 0) is 55.5 Å². The van der Waals surface area contributed by atoms with Crippen LogP contribution in [0.15, 0.2) is 59.5 Å². The van der Waals surface area contributed by atoms with Gasteiger partial charge in [-0.2, -0.15) is 13.2 Å². The summed E-state index contributed by atoms with van der Waals surface area (Å²) in [5.41, 5.74) is -0.225. The molecular formula is C22H22F3NO3S. The molecule has 0 spiro atoms. The summed E-state index contributed by atoms with van der Waals surface area (Å²) in [7, 11) is -3.46. The van der Waals surface area contributed by atoms with Crippen molar-refractivity contribution in [3.05, 3.63) is 65.7 Å². The number of nitrogens with zero attached hydrogens (tertiary/aromatic N) is 1. The molecule has 30 heavy (non-hydrogen) atoms. The number of hydrogen-bond donors (Lipinski definition) is 0. The summed E-state index contributed by atoms with van der Waals surface area (Å²) in [5, 5.41) is -0.521. The molecule has 3 atom stereocenters. The summed E-state index contributed by atoms with van der Waals surface area (Å²) in [4.78, 5) is 15.0. The summed E-state index contributed by atoms with van der Waals surface area (Å²) in [6.45, 7) is 0. The van der Waals surface area contributed by atoms with E-state index in [-0.39, 0.29) is 24.4 Å². The topological polar surface area (TPSA) is 54.5 Å². The normalized spacial score (nSPS) is 24.1. The summed E-state index contributed by atoms with van der Waals surface area (Å²) in [5.74, 6) is -0.155. The number of benzene rings is 2. The van der Waals surface area contributed by atoms with Gasteiger partial charge in [0, 0.05) is 12.1 Å². The van der Waals surface area contributed by atoms with Gasteiger partial charge >= 0.3 is 6.18 Å². The molecule has 2 aliphatic heterocycles. The number of rotatable bonds is 4. The third kappa shape index (κ3) is 3.97. The Labute approximate surface area is 173 Å². The van der Waals surface area contributed by atoms with Gasteiger partial charge < -0.3 is 4.90 Å². The van der Waals surface area contributed by atoms with Gasteiger partial charge in [-0.1, -0.05) is 30.3 Å². The molecule has 0 aliphatic carbocycles. The van der Waals surface area contributed by atoms with Gasteiger partial charge in [0.15, 0.2) is 9.84 Å². The number of carbonyl (C=O) groups excluding carboxylic acids is 1. The van der Waals surface area contributed by atoms with Gasteiger partial charge in [-0.3, -0.25) is 4.79 Å². The van der Waals surface area contributed by atoms with Gasteiger partial charge in [-0.25, -0.2) is 8.42 Å². The van der Waals surface area contributed by atoms with E-state index >= 15 is 0 Å². The van der Waals surface area contributed by atoms with Gasteiger partial charge in [0.25, 0.3) is 0 Å². The summed E-state index contributed by atoms with van der Waals surface area (Å²) < 4.78 is 64.1. The monoisotopic (exact) mass is 437 g/mol. The Bertz CT molecular complexity index is 1010. The highest BCUT2D eigenvalue weighted by Gasteiger charge is 2.47. The highest BCUT2D eigenvalue weighted by Crippen LogP contribution is 2.40. The molecule has 160 valence electrons. The molecule has 1 amide bonds. The Balaban J connectivity index is 1.46. The first-order valence-corrected chi connectivity index (χ1v) is 11.5. The minimum absolute atomic E-state index is 0.0151. The zero-order valence-electron chi connectivity index (χ0n) is 16.2. The van der Waals surface area contributed by atoms with E-state index in [2.05, 4.69) is 0 Å². The molecule has 0 N–H and O–H groups in total. The maximum Gasteiger partial charge on any atom is 0.416 e. The number of sulfone groups is 1. The van der Waals surface area contributed by atoms with E-state index < -0.39 is 26.8 Å². The molecule has 2 fully saturated rings. The number of alkyl halides is 3. The predicted octanol–water partition coefficient (Wildman–Crippen LogP) is 4.24. The molecule has 2 aromatic rings. The minimum atomic E-state index is -4.41. The van der Waals surface area contributed by atoms with E-state index in [1.54, 1.807) is 35.2 Å². The molecule has 0 saturated carbocycles. The fraction of sp³-hybridized carbons (Fsp3) is 0.409. The number of fused-ring (bicyclic) bond motifs is 2. The van der Waals surface area contributed by atoms with E-state index in [9.17, 15) is 26.4 Å². The van der Waals surface area contributed by atoms with Crippen molar-refractivity contribution >= 4 is 15.7 Å². The Kier molecular flexibility index (Phi) is 5.38. The Morgan fingerprint density at radius 2 is 1.50 bits per heavy atom. The zero-order chi connectivity index (χ0) is 21.5. The quantitative estimate of drug-likeness (QED) is 0.719. The van der Waals surface area contributed by atoms with Gasteiger partial charge in [-0.15, -0.1) is 0 Å². The van der Waals surface area contributed by atoms with Crippen LogP contribution in [0.1, 0.15) is 36.8 Å². The van der Waals surface area contributed by atoms with E-state index in [0.29, 0.717) is 23.3 Å². The third-order valence-corrected chi connectivity index (χ3v) is 8.32. The van der Waals surface area contributed by atoms with Crippen molar-refractivity contribution in [2.75, 3.05) is 0 Å². The van der Waals surface area contributed by atoms with E-state index in [0.717, 1.165) is 25.0 Å². The molecule has 2 heterocycles. The molecule has 8 heteroatoms. The van der Waals surface area contributed by atoms with Gasteiger partial charge in [0.2, 0.25) is 5.91 Å². The number of carbonyl (C=O) groups is 1. The molecule has 2 saturated heterocycles. The molecule has 4 rings (SSSR count). The van der Waals surface area contributed by atoms with Crippen molar-refractivity contribution in [1.82, 2.24) is 4.90 Å². The van der Waals surface area contributed by atoms with Crippen LogP contribution in [-0.2, 0) is 27.2 Å². The average molecular weight is 437 g/mol. The van der Waals surface area contributed by atoms with E-state index in [1.807, 2.05) is 0 Å². The number of amides is 1. The highest BCUT2D eigenvalue weighted by atomic mass is 32.2.